The van der Waals surface area contributed by atoms with Crippen molar-refractivity contribution in [3.63, 3.8) is 0 Å². The second-order valence-corrected chi connectivity index (χ2v) is 6.76. The van der Waals surface area contributed by atoms with Gasteiger partial charge in [-0.25, -0.2) is 4.79 Å². The van der Waals surface area contributed by atoms with E-state index in [0.717, 1.165) is 10.1 Å². The average Bonchev–Trinajstić information content (AvgIpc) is 3.07. The summed E-state index contributed by atoms with van der Waals surface area (Å²) < 4.78 is 6.58. The van der Waals surface area contributed by atoms with Crippen LogP contribution in [0.3, 0.4) is 0 Å². The second-order valence-electron chi connectivity index (χ2n) is 5.71. The van der Waals surface area contributed by atoms with Gasteiger partial charge in [-0.2, -0.15) is 0 Å². The van der Waals surface area contributed by atoms with Crippen LogP contribution in [-0.2, 0) is 0 Å². The van der Waals surface area contributed by atoms with Crippen molar-refractivity contribution in [2.24, 2.45) is 0 Å². The molecule has 0 saturated carbocycles. The van der Waals surface area contributed by atoms with Gasteiger partial charge in [-0.1, -0.05) is 60.7 Å². The van der Waals surface area contributed by atoms with Crippen molar-refractivity contribution in [2.45, 2.75) is 0 Å². The summed E-state index contributed by atoms with van der Waals surface area (Å²) in [6.45, 7) is 0. The van der Waals surface area contributed by atoms with Gasteiger partial charge in [-0.3, -0.25) is 4.79 Å². The lowest BCUT2D eigenvalue weighted by Gasteiger charge is -2.06. The molecular formula is C22H14O3S. The summed E-state index contributed by atoms with van der Waals surface area (Å²) in [6.07, 6.45) is 0. The molecule has 26 heavy (non-hydrogen) atoms. The van der Waals surface area contributed by atoms with Crippen LogP contribution >= 0.6 is 11.3 Å². The molecule has 0 spiro atoms. The number of ketones is 1. The van der Waals surface area contributed by atoms with Crippen molar-refractivity contribution >= 4 is 33.2 Å². The highest BCUT2D eigenvalue weighted by molar-refractivity contribution is 7.21. The Morgan fingerprint density at radius 2 is 1.27 bits per heavy atom. The van der Waals surface area contributed by atoms with E-state index in [2.05, 4.69) is 0 Å². The Morgan fingerprint density at radius 3 is 1.96 bits per heavy atom. The van der Waals surface area contributed by atoms with E-state index in [1.807, 2.05) is 48.5 Å². The van der Waals surface area contributed by atoms with E-state index >= 15 is 0 Å². The molecule has 4 heteroatoms. The van der Waals surface area contributed by atoms with Crippen LogP contribution in [0.2, 0.25) is 0 Å². The maximum Gasteiger partial charge on any atom is 0.343 e. The van der Waals surface area contributed by atoms with Crippen LogP contribution in [0.5, 0.6) is 5.75 Å². The number of rotatable bonds is 4. The summed E-state index contributed by atoms with van der Waals surface area (Å²) in [5.74, 6) is -0.299. The summed E-state index contributed by atoms with van der Waals surface area (Å²) in [5.41, 5.74) is 1.01. The summed E-state index contributed by atoms with van der Waals surface area (Å²) in [7, 11) is 0. The average molecular weight is 358 g/mol. The molecule has 126 valence electrons. The number of ether oxygens (including phenoxy) is 1. The van der Waals surface area contributed by atoms with Crippen LogP contribution in [0.1, 0.15) is 25.6 Å². The van der Waals surface area contributed by atoms with E-state index in [1.165, 1.54) is 11.3 Å². The van der Waals surface area contributed by atoms with Crippen LogP contribution in [-0.4, -0.2) is 11.8 Å². The monoisotopic (exact) mass is 358 g/mol. The third kappa shape index (κ3) is 3.03. The summed E-state index contributed by atoms with van der Waals surface area (Å²) in [5, 5.41) is 0.765. The molecular weight excluding hydrogens is 344 g/mol. The fourth-order valence-corrected chi connectivity index (χ4v) is 3.81. The van der Waals surface area contributed by atoms with Gasteiger partial charge in [0.15, 0.2) is 5.75 Å². The minimum atomic E-state index is -0.476. The first-order valence-corrected chi connectivity index (χ1v) is 8.94. The molecule has 0 saturated heterocycles. The predicted octanol–water partition coefficient (Wildman–Crippen LogP) is 5.35. The molecule has 0 aliphatic rings. The minimum Gasteiger partial charge on any atom is -0.421 e. The summed E-state index contributed by atoms with van der Waals surface area (Å²) in [4.78, 5) is 25.9. The smallest absolute Gasteiger partial charge is 0.343 e. The Morgan fingerprint density at radius 1 is 0.692 bits per heavy atom. The van der Waals surface area contributed by atoms with Crippen LogP contribution in [0.4, 0.5) is 0 Å². The van der Waals surface area contributed by atoms with E-state index in [4.69, 9.17) is 4.74 Å². The van der Waals surface area contributed by atoms with Crippen molar-refractivity contribution in [1.82, 2.24) is 0 Å². The first-order valence-electron chi connectivity index (χ1n) is 8.12. The Kier molecular flexibility index (Phi) is 4.33. The number of benzene rings is 3. The highest BCUT2D eigenvalue weighted by atomic mass is 32.1. The third-order valence-corrected chi connectivity index (χ3v) is 5.15. The van der Waals surface area contributed by atoms with Gasteiger partial charge >= 0.3 is 5.97 Å². The lowest BCUT2D eigenvalue weighted by molar-refractivity contribution is 0.0736. The molecule has 1 aromatic heterocycles. The normalized spacial score (nSPS) is 10.6. The van der Waals surface area contributed by atoms with Crippen LogP contribution in [0.15, 0.2) is 84.9 Å². The molecule has 0 radical (unpaired) electrons. The van der Waals surface area contributed by atoms with Gasteiger partial charge in [0.05, 0.1) is 5.56 Å². The molecule has 0 atom stereocenters. The first-order chi connectivity index (χ1) is 12.7. The molecule has 4 rings (SSSR count). The van der Waals surface area contributed by atoms with Crippen molar-refractivity contribution < 1.29 is 14.3 Å². The molecule has 0 bridgehead atoms. The van der Waals surface area contributed by atoms with E-state index in [9.17, 15) is 9.59 Å². The van der Waals surface area contributed by atoms with Crippen molar-refractivity contribution in [3.8, 4) is 5.75 Å². The number of esters is 1. The minimum absolute atomic E-state index is 0.150. The fraction of sp³-hybridized carbons (Fsp3) is 0. The number of hydrogen-bond donors (Lipinski definition) is 0. The highest BCUT2D eigenvalue weighted by Gasteiger charge is 2.23. The summed E-state index contributed by atoms with van der Waals surface area (Å²) in [6, 6.07) is 25.3. The maximum atomic E-state index is 13.0. The van der Waals surface area contributed by atoms with E-state index in [1.54, 1.807) is 36.4 Å². The van der Waals surface area contributed by atoms with Crippen LogP contribution in [0, 0.1) is 0 Å². The number of hydrogen-bond acceptors (Lipinski definition) is 4. The zero-order chi connectivity index (χ0) is 17.9. The Balaban J connectivity index is 1.80. The van der Waals surface area contributed by atoms with Crippen LogP contribution < -0.4 is 4.74 Å². The van der Waals surface area contributed by atoms with Crippen molar-refractivity contribution in [2.75, 3.05) is 0 Å². The largest absolute Gasteiger partial charge is 0.421 e. The van der Waals surface area contributed by atoms with Crippen molar-refractivity contribution in [1.29, 1.82) is 0 Å². The number of carbonyl (C=O) groups is 2. The van der Waals surface area contributed by atoms with Gasteiger partial charge in [-0.05, 0) is 24.3 Å². The molecule has 0 fully saturated rings. The second kappa shape index (κ2) is 6.94. The topological polar surface area (TPSA) is 43.4 Å². The molecule has 0 amide bonds. The zero-order valence-corrected chi connectivity index (χ0v) is 14.5. The van der Waals surface area contributed by atoms with E-state index in [0.29, 0.717) is 21.8 Å². The Labute approximate surface area is 154 Å². The zero-order valence-electron chi connectivity index (χ0n) is 13.7. The first kappa shape index (κ1) is 16.2. The molecule has 0 aliphatic carbocycles. The van der Waals surface area contributed by atoms with E-state index < -0.39 is 5.97 Å². The van der Waals surface area contributed by atoms with Gasteiger partial charge < -0.3 is 4.74 Å². The van der Waals surface area contributed by atoms with Gasteiger partial charge in [0, 0.05) is 15.6 Å². The summed E-state index contributed by atoms with van der Waals surface area (Å²) >= 11 is 1.34. The SMILES string of the molecule is O=C(Oc1c(C(=O)c2ccccc2)sc2ccccc12)c1ccccc1. The number of fused-ring (bicyclic) bond motifs is 1. The van der Waals surface area contributed by atoms with Gasteiger partial charge in [-0.15, -0.1) is 11.3 Å². The molecule has 4 aromatic rings. The van der Waals surface area contributed by atoms with E-state index in [-0.39, 0.29) is 5.78 Å². The fourth-order valence-electron chi connectivity index (χ4n) is 2.72. The number of thiophene rings is 1. The van der Waals surface area contributed by atoms with Gasteiger partial charge in [0.25, 0.3) is 0 Å². The predicted molar refractivity (Wildman–Crippen MR) is 103 cm³/mol. The molecule has 0 aliphatic heterocycles. The van der Waals surface area contributed by atoms with Gasteiger partial charge in [0.1, 0.15) is 4.88 Å². The maximum absolute atomic E-state index is 13.0. The quantitative estimate of drug-likeness (QED) is 0.365. The molecule has 3 aromatic carbocycles. The highest BCUT2D eigenvalue weighted by Crippen LogP contribution is 2.39. The molecule has 3 nitrogen and oxygen atoms in total. The number of carbonyl (C=O) groups excluding carboxylic acids is 2. The molecule has 1 heterocycles. The van der Waals surface area contributed by atoms with Crippen molar-refractivity contribution in [3.05, 3.63) is 101 Å². The van der Waals surface area contributed by atoms with Crippen LogP contribution in [0.25, 0.3) is 10.1 Å². The Bertz CT molecular complexity index is 1080. The lowest BCUT2D eigenvalue weighted by atomic mass is 10.1. The Hall–Kier alpha value is -3.24. The van der Waals surface area contributed by atoms with Gasteiger partial charge in [0.2, 0.25) is 5.78 Å². The molecule has 0 unspecified atom stereocenters. The molecule has 0 N–H and O–H groups in total. The third-order valence-electron chi connectivity index (χ3n) is 4.00. The standard InChI is InChI=1S/C22H14O3S/c23-19(15-9-3-1-4-10-15)21-20(17-13-7-8-14-18(17)26-21)25-22(24)16-11-5-2-6-12-16/h1-14H. The lowest BCUT2D eigenvalue weighted by Crippen LogP contribution is -2.10.